The standard InChI is InChI=1S/C15H20N2O3S/c18-14(11-6-4-8-20-11)16-17-15(19)13-9-10-5-2-1-3-7-12(10)21-13/h9,11H,1-8H2,(H,16,18)(H,17,19). The summed E-state index contributed by atoms with van der Waals surface area (Å²) in [7, 11) is 0. The van der Waals surface area contributed by atoms with Gasteiger partial charge >= 0.3 is 0 Å². The van der Waals surface area contributed by atoms with E-state index in [1.165, 1.54) is 29.7 Å². The number of hydrogen-bond donors (Lipinski definition) is 2. The van der Waals surface area contributed by atoms with Gasteiger partial charge in [-0.1, -0.05) is 6.42 Å². The van der Waals surface area contributed by atoms with Crippen molar-refractivity contribution in [3.8, 4) is 0 Å². The first kappa shape index (κ1) is 14.5. The Morgan fingerprint density at radius 1 is 1.14 bits per heavy atom. The third-order valence-corrected chi connectivity index (χ3v) is 5.23. The van der Waals surface area contributed by atoms with E-state index in [0.29, 0.717) is 11.5 Å². The summed E-state index contributed by atoms with van der Waals surface area (Å²) in [6.07, 6.45) is 6.96. The highest BCUT2D eigenvalue weighted by Crippen LogP contribution is 2.28. The van der Waals surface area contributed by atoms with E-state index in [9.17, 15) is 9.59 Å². The number of carbonyl (C=O) groups is 2. The minimum atomic E-state index is -0.426. The third kappa shape index (κ3) is 3.44. The number of fused-ring (bicyclic) bond motifs is 1. The van der Waals surface area contributed by atoms with Gasteiger partial charge in [0.25, 0.3) is 11.8 Å². The van der Waals surface area contributed by atoms with Crippen molar-refractivity contribution in [2.75, 3.05) is 6.61 Å². The van der Waals surface area contributed by atoms with Crippen LogP contribution in [0.15, 0.2) is 6.07 Å². The molecule has 6 heteroatoms. The molecule has 2 aliphatic rings. The Bertz CT molecular complexity index is 512. The Morgan fingerprint density at radius 3 is 2.81 bits per heavy atom. The van der Waals surface area contributed by atoms with Gasteiger partial charge in [-0.05, 0) is 50.2 Å². The quantitative estimate of drug-likeness (QED) is 0.648. The average molecular weight is 308 g/mol. The first-order valence-electron chi connectivity index (χ1n) is 7.57. The Balaban J connectivity index is 1.56. The lowest BCUT2D eigenvalue weighted by atomic mass is 10.1. The molecule has 3 rings (SSSR count). The van der Waals surface area contributed by atoms with Gasteiger partial charge in [-0.15, -0.1) is 11.3 Å². The van der Waals surface area contributed by atoms with Crippen LogP contribution >= 0.6 is 11.3 Å². The normalized spacial score (nSPS) is 21.4. The Morgan fingerprint density at radius 2 is 2.00 bits per heavy atom. The molecule has 1 saturated heterocycles. The maximum absolute atomic E-state index is 12.1. The number of hydrogen-bond acceptors (Lipinski definition) is 4. The highest BCUT2D eigenvalue weighted by atomic mass is 32.1. The van der Waals surface area contributed by atoms with E-state index in [2.05, 4.69) is 10.9 Å². The van der Waals surface area contributed by atoms with E-state index in [1.807, 2.05) is 6.07 Å². The summed E-state index contributed by atoms with van der Waals surface area (Å²) in [5, 5.41) is 0. The van der Waals surface area contributed by atoms with Crippen molar-refractivity contribution < 1.29 is 14.3 Å². The molecule has 1 atom stereocenters. The molecule has 1 aliphatic heterocycles. The molecule has 0 bridgehead atoms. The molecule has 1 aliphatic carbocycles. The first-order chi connectivity index (χ1) is 10.2. The first-order valence-corrected chi connectivity index (χ1v) is 8.39. The molecule has 2 amide bonds. The number of hydrazine groups is 1. The van der Waals surface area contributed by atoms with Crippen molar-refractivity contribution in [3.63, 3.8) is 0 Å². The molecule has 1 aromatic heterocycles. The van der Waals surface area contributed by atoms with Crippen LogP contribution in [-0.4, -0.2) is 24.5 Å². The Hall–Kier alpha value is -1.40. The summed E-state index contributed by atoms with van der Waals surface area (Å²) < 4.78 is 5.27. The second kappa shape index (κ2) is 6.58. The van der Waals surface area contributed by atoms with E-state index < -0.39 is 6.10 Å². The van der Waals surface area contributed by atoms with E-state index >= 15 is 0 Å². The Kier molecular flexibility index (Phi) is 4.55. The minimum absolute atomic E-state index is 0.237. The lowest BCUT2D eigenvalue weighted by molar-refractivity contribution is -0.130. The van der Waals surface area contributed by atoms with Gasteiger partial charge in [0.05, 0.1) is 4.88 Å². The molecule has 1 unspecified atom stereocenters. The van der Waals surface area contributed by atoms with Crippen LogP contribution in [0.4, 0.5) is 0 Å². The van der Waals surface area contributed by atoms with Crippen molar-refractivity contribution >= 4 is 23.2 Å². The highest BCUT2D eigenvalue weighted by molar-refractivity contribution is 7.14. The van der Waals surface area contributed by atoms with Crippen molar-refractivity contribution in [1.82, 2.24) is 10.9 Å². The van der Waals surface area contributed by atoms with Crippen LogP contribution in [0.25, 0.3) is 0 Å². The SMILES string of the molecule is O=C(NNC(=O)C1CCCO1)c1cc2c(s1)CCCCC2. The van der Waals surface area contributed by atoms with E-state index in [4.69, 9.17) is 4.74 Å². The van der Waals surface area contributed by atoms with Gasteiger partial charge in [-0.25, -0.2) is 0 Å². The summed E-state index contributed by atoms with van der Waals surface area (Å²) in [6.45, 7) is 0.615. The van der Waals surface area contributed by atoms with Gasteiger partial charge in [0.2, 0.25) is 0 Å². The molecule has 1 fully saturated rings. The van der Waals surface area contributed by atoms with Crippen LogP contribution in [0.5, 0.6) is 0 Å². The summed E-state index contributed by atoms with van der Waals surface area (Å²) in [5.74, 6) is -0.501. The number of rotatable bonds is 2. The fourth-order valence-corrected chi connectivity index (χ4v) is 3.97. The third-order valence-electron chi connectivity index (χ3n) is 3.99. The molecule has 0 aromatic carbocycles. The molecule has 2 heterocycles. The Labute approximate surface area is 128 Å². The van der Waals surface area contributed by atoms with Crippen LogP contribution < -0.4 is 10.9 Å². The summed E-state index contributed by atoms with van der Waals surface area (Å²) in [5.41, 5.74) is 6.25. The van der Waals surface area contributed by atoms with Crippen LogP contribution in [-0.2, 0) is 22.4 Å². The number of thiophene rings is 1. The largest absolute Gasteiger partial charge is 0.368 e. The monoisotopic (exact) mass is 308 g/mol. The van der Waals surface area contributed by atoms with Crippen molar-refractivity contribution in [1.29, 1.82) is 0 Å². The highest BCUT2D eigenvalue weighted by Gasteiger charge is 2.24. The molecule has 1 aromatic rings. The molecule has 5 nitrogen and oxygen atoms in total. The van der Waals surface area contributed by atoms with E-state index in [-0.39, 0.29) is 11.8 Å². The minimum Gasteiger partial charge on any atom is -0.368 e. The van der Waals surface area contributed by atoms with Crippen molar-refractivity contribution in [2.45, 2.75) is 51.0 Å². The fraction of sp³-hybridized carbons (Fsp3) is 0.600. The number of aryl methyl sites for hydroxylation is 2. The molecule has 0 saturated carbocycles. The summed E-state index contributed by atoms with van der Waals surface area (Å²) in [6, 6.07) is 1.97. The molecule has 0 radical (unpaired) electrons. The predicted octanol–water partition coefficient (Wildman–Crippen LogP) is 1.96. The molecule has 2 N–H and O–H groups in total. The number of amides is 2. The lowest BCUT2D eigenvalue weighted by Gasteiger charge is -2.10. The maximum atomic E-state index is 12.1. The van der Waals surface area contributed by atoms with Gasteiger partial charge in [0, 0.05) is 11.5 Å². The number of ether oxygens (including phenoxy) is 1. The van der Waals surface area contributed by atoms with Crippen molar-refractivity contribution in [2.24, 2.45) is 0 Å². The molecular formula is C15H20N2O3S. The lowest BCUT2D eigenvalue weighted by Crippen LogP contribution is -2.46. The number of nitrogens with one attached hydrogen (secondary N) is 2. The van der Waals surface area contributed by atoms with E-state index in [1.54, 1.807) is 11.3 Å². The van der Waals surface area contributed by atoms with Crippen molar-refractivity contribution in [3.05, 3.63) is 21.4 Å². The second-order valence-corrected chi connectivity index (χ2v) is 6.70. The van der Waals surface area contributed by atoms with Gasteiger partial charge in [-0.2, -0.15) is 0 Å². The topological polar surface area (TPSA) is 67.4 Å². The zero-order chi connectivity index (χ0) is 14.7. The summed E-state index contributed by atoms with van der Waals surface area (Å²) >= 11 is 1.55. The zero-order valence-electron chi connectivity index (χ0n) is 11.9. The molecule has 0 spiro atoms. The smallest absolute Gasteiger partial charge is 0.279 e. The van der Waals surface area contributed by atoms with Gasteiger partial charge in [0.1, 0.15) is 6.10 Å². The second-order valence-electron chi connectivity index (χ2n) is 5.56. The van der Waals surface area contributed by atoms with Crippen LogP contribution in [0, 0.1) is 0 Å². The molecule has 114 valence electrons. The molecule has 21 heavy (non-hydrogen) atoms. The maximum Gasteiger partial charge on any atom is 0.279 e. The average Bonchev–Trinajstić information content (AvgIpc) is 3.11. The van der Waals surface area contributed by atoms with Crippen LogP contribution in [0.3, 0.4) is 0 Å². The van der Waals surface area contributed by atoms with Gasteiger partial charge < -0.3 is 4.74 Å². The van der Waals surface area contributed by atoms with Gasteiger partial charge in [0.15, 0.2) is 0 Å². The van der Waals surface area contributed by atoms with Gasteiger partial charge in [-0.3, -0.25) is 20.4 Å². The predicted molar refractivity (Wildman–Crippen MR) is 80.2 cm³/mol. The fourth-order valence-electron chi connectivity index (χ4n) is 2.82. The summed E-state index contributed by atoms with van der Waals surface area (Å²) in [4.78, 5) is 25.9. The van der Waals surface area contributed by atoms with Crippen LogP contribution in [0.2, 0.25) is 0 Å². The van der Waals surface area contributed by atoms with E-state index in [0.717, 1.165) is 25.7 Å². The van der Waals surface area contributed by atoms with Crippen LogP contribution in [0.1, 0.15) is 52.2 Å². The zero-order valence-corrected chi connectivity index (χ0v) is 12.8. The molecular weight excluding hydrogens is 288 g/mol. The number of carbonyl (C=O) groups excluding carboxylic acids is 2.